The molecule has 0 unspecified atom stereocenters. The average molecular weight is 293 g/mol. The number of carbonyl (C=O) groups is 1. The van der Waals surface area contributed by atoms with Gasteiger partial charge in [-0.15, -0.1) is 11.8 Å². The van der Waals surface area contributed by atoms with Gasteiger partial charge in [-0.1, -0.05) is 24.8 Å². The van der Waals surface area contributed by atoms with Crippen LogP contribution in [0, 0.1) is 0 Å². The molecule has 0 saturated carbocycles. The zero-order valence-corrected chi connectivity index (χ0v) is 12.7. The number of thioether (sulfide) groups is 2. The summed E-state index contributed by atoms with van der Waals surface area (Å²) in [4.78, 5) is 16.4. The molecule has 1 aliphatic heterocycles. The van der Waals surface area contributed by atoms with Crippen molar-refractivity contribution in [3.8, 4) is 5.75 Å². The maximum atomic E-state index is 11.7. The third kappa shape index (κ3) is 3.22. The van der Waals surface area contributed by atoms with Gasteiger partial charge in [-0.2, -0.15) is 4.99 Å². The van der Waals surface area contributed by atoms with Gasteiger partial charge in [0.1, 0.15) is 10.1 Å². The number of amides is 1. The van der Waals surface area contributed by atoms with E-state index in [0.29, 0.717) is 4.91 Å². The monoisotopic (exact) mass is 293 g/mol. The topological polar surface area (TPSA) is 38.7 Å². The number of benzene rings is 1. The molecular formula is C14H15NO2S2. The van der Waals surface area contributed by atoms with E-state index < -0.39 is 0 Å². The molecule has 0 fully saturated rings. The van der Waals surface area contributed by atoms with Crippen molar-refractivity contribution >= 4 is 39.9 Å². The second-order valence-corrected chi connectivity index (χ2v) is 6.01. The van der Waals surface area contributed by atoms with Crippen molar-refractivity contribution in [3.63, 3.8) is 0 Å². The van der Waals surface area contributed by atoms with Crippen molar-refractivity contribution in [2.75, 3.05) is 13.4 Å². The molecule has 19 heavy (non-hydrogen) atoms. The van der Waals surface area contributed by atoms with Crippen molar-refractivity contribution in [2.45, 2.75) is 13.3 Å². The quantitative estimate of drug-likeness (QED) is 0.798. The Morgan fingerprint density at radius 3 is 2.84 bits per heavy atom. The zero-order chi connectivity index (χ0) is 13.8. The van der Waals surface area contributed by atoms with Crippen LogP contribution in [-0.2, 0) is 11.2 Å². The van der Waals surface area contributed by atoms with E-state index in [0.717, 1.165) is 27.7 Å². The molecule has 3 nitrogen and oxygen atoms in total. The van der Waals surface area contributed by atoms with Crippen LogP contribution in [0.3, 0.4) is 0 Å². The summed E-state index contributed by atoms with van der Waals surface area (Å²) < 4.78 is 6.10. The molecular weight excluding hydrogens is 278 g/mol. The molecule has 0 bridgehead atoms. The van der Waals surface area contributed by atoms with E-state index in [1.165, 1.54) is 23.5 Å². The van der Waals surface area contributed by atoms with Crippen LogP contribution in [0.2, 0.25) is 0 Å². The minimum atomic E-state index is -0.150. The molecule has 1 aliphatic rings. The first-order valence-corrected chi connectivity index (χ1v) is 7.95. The zero-order valence-electron chi connectivity index (χ0n) is 11.1. The van der Waals surface area contributed by atoms with Crippen molar-refractivity contribution in [2.24, 2.45) is 4.99 Å². The number of hydrogen-bond donors (Lipinski definition) is 0. The molecule has 0 aromatic heterocycles. The number of aryl methyl sites for hydroxylation is 1. The van der Waals surface area contributed by atoms with Gasteiger partial charge in [0.2, 0.25) is 0 Å². The van der Waals surface area contributed by atoms with Gasteiger partial charge in [-0.05, 0) is 42.0 Å². The standard InChI is InChI=1S/C14H15NO2S2/c1-4-10-7-9(5-6-11(10)17-2)8-12-13(16)15-14(18-3)19-12/h5-8H,4H2,1-3H3/b12-8-. The van der Waals surface area contributed by atoms with Crippen molar-refractivity contribution in [3.05, 3.63) is 34.2 Å². The highest BCUT2D eigenvalue weighted by atomic mass is 32.2. The molecule has 1 aromatic carbocycles. The Labute approximate surface area is 121 Å². The van der Waals surface area contributed by atoms with Crippen LogP contribution in [0.5, 0.6) is 5.75 Å². The third-order valence-electron chi connectivity index (χ3n) is 2.76. The molecule has 0 atom stereocenters. The van der Waals surface area contributed by atoms with Crippen LogP contribution in [-0.4, -0.2) is 23.6 Å². The van der Waals surface area contributed by atoms with Gasteiger partial charge < -0.3 is 4.74 Å². The van der Waals surface area contributed by atoms with E-state index in [1.807, 2.05) is 24.5 Å². The summed E-state index contributed by atoms with van der Waals surface area (Å²) in [6, 6.07) is 5.94. The second-order valence-electron chi connectivity index (χ2n) is 3.92. The molecule has 100 valence electrons. The van der Waals surface area contributed by atoms with E-state index in [1.54, 1.807) is 7.11 Å². The summed E-state index contributed by atoms with van der Waals surface area (Å²) in [5, 5.41) is 0. The maximum absolute atomic E-state index is 11.7. The van der Waals surface area contributed by atoms with E-state index in [-0.39, 0.29) is 5.91 Å². The predicted octanol–water partition coefficient (Wildman–Crippen LogP) is 3.59. The lowest BCUT2D eigenvalue weighted by Gasteiger charge is -2.07. The molecule has 0 N–H and O–H groups in total. The highest BCUT2D eigenvalue weighted by Crippen LogP contribution is 2.33. The maximum Gasteiger partial charge on any atom is 0.285 e. The van der Waals surface area contributed by atoms with E-state index >= 15 is 0 Å². The Morgan fingerprint density at radius 1 is 1.47 bits per heavy atom. The smallest absolute Gasteiger partial charge is 0.285 e. The Morgan fingerprint density at radius 2 is 2.26 bits per heavy atom. The first kappa shape index (κ1) is 14.2. The highest BCUT2D eigenvalue weighted by molar-refractivity contribution is 8.40. The Balaban J connectivity index is 2.27. The first-order valence-electron chi connectivity index (χ1n) is 5.91. The van der Waals surface area contributed by atoms with Crippen molar-refractivity contribution in [1.82, 2.24) is 0 Å². The molecule has 0 spiro atoms. The van der Waals surface area contributed by atoms with Gasteiger partial charge in [0.05, 0.1) is 12.0 Å². The third-order valence-corrected chi connectivity index (χ3v) is 4.73. The summed E-state index contributed by atoms with van der Waals surface area (Å²) >= 11 is 2.93. The Bertz CT molecular complexity index is 565. The van der Waals surface area contributed by atoms with Crippen LogP contribution < -0.4 is 4.74 Å². The van der Waals surface area contributed by atoms with Crippen LogP contribution in [0.15, 0.2) is 28.1 Å². The van der Waals surface area contributed by atoms with Gasteiger partial charge in [-0.25, -0.2) is 0 Å². The Kier molecular flexibility index (Phi) is 4.71. The second kappa shape index (κ2) is 6.30. The summed E-state index contributed by atoms with van der Waals surface area (Å²) in [7, 11) is 1.67. The molecule has 1 aromatic rings. The van der Waals surface area contributed by atoms with E-state index in [4.69, 9.17) is 4.74 Å². The lowest BCUT2D eigenvalue weighted by Crippen LogP contribution is -1.92. The number of hydrogen-bond acceptors (Lipinski definition) is 4. The summed E-state index contributed by atoms with van der Waals surface area (Å²) in [5.74, 6) is 0.735. The molecule has 2 rings (SSSR count). The fourth-order valence-electron chi connectivity index (χ4n) is 1.79. The Hall–Kier alpha value is -1.20. The van der Waals surface area contributed by atoms with Crippen LogP contribution >= 0.6 is 23.5 Å². The van der Waals surface area contributed by atoms with Crippen molar-refractivity contribution in [1.29, 1.82) is 0 Å². The fraction of sp³-hybridized carbons (Fsp3) is 0.286. The van der Waals surface area contributed by atoms with Gasteiger partial charge >= 0.3 is 0 Å². The number of nitrogens with zero attached hydrogens (tertiary/aromatic N) is 1. The number of rotatable bonds is 3. The molecule has 0 radical (unpaired) electrons. The average Bonchev–Trinajstić information content (AvgIpc) is 2.79. The first-order chi connectivity index (χ1) is 9.17. The molecule has 1 amide bonds. The molecule has 0 saturated heterocycles. The van der Waals surface area contributed by atoms with Crippen LogP contribution in [0.25, 0.3) is 6.08 Å². The van der Waals surface area contributed by atoms with Gasteiger partial charge in [-0.3, -0.25) is 4.79 Å². The van der Waals surface area contributed by atoms with Gasteiger partial charge in [0, 0.05) is 0 Å². The summed E-state index contributed by atoms with van der Waals surface area (Å²) in [6.45, 7) is 2.08. The largest absolute Gasteiger partial charge is 0.496 e. The van der Waals surface area contributed by atoms with E-state index in [2.05, 4.69) is 18.0 Å². The van der Waals surface area contributed by atoms with Crippen LogP contribution in [0.4, 0.5) is 0 Å². The number of methoxy groups -OCH3 is 1. The van der Waals surface area contributed by atoms with E-state index in [9.17, 15) is 4.79 Å². The summed E-state index contributed by atoms with van der Waals surface area (Å²) in [6.07, 6.45) is 4.71. The molecule has 1 heterocycles. The minimum Gasteiger partial charge on any atom is -0.496 e. The lowest BCUT2D eigenvalue weighted by atomic mass is 10.1. The normalized spacial score (nSPS) is 16.9. The van der Waals surface area contributed by atoms with Gasteiger partial charge in [0.15, 0.2) is 0 Å². The van der Waals surface area contributed by atoms with Gasteiger partial charge in [0.25, 0.3) is 5.91 Å². The predicted molar refractivity (Wildman–Crippen MR) is 83.9 cm³/mol. The minimum absolute atomic E-state index is 0.150. The highest BCUT2D eigenvalue weighted by Gasteiger charge is 2.20. The van der Waals surface area contributed by atoms with Crippen LogP contribution in [0.1, 0.15) is 18.1 Å². The SMILES string of the molecule is CCc1cc(/C=C2\SC(SC)=NC2=O)ccc1OC. The fourth-order valence-corrected chi connectivity index (χ4v) is 3.21. The lowest BCUT2D eigenvalue weighted by molar-refractivity contribution is -0.113. The number of ether oxygens (including phenoxy) is 1. The van der Waals surface area contributed by atoms with Crippen molar-refractivity contribution < 1.29 is 9.53 Å². The molecule has 5 heteroatoms. The molecule has 0 aliphatic carbocycles. The number of aliphatic imine (C=N–C) groups is 1. The number of carbonyl (C=O) groups excluding carboxylic acids is 1. The summed E-state index contributed by atoms with van der Waals surface area (Å²) in [5.41, 5.74) is 2.14.